The van der Waals surface area contributed by atoms with Gasteiger partial charge < -0.3 is 19.9 Å². The van der Waals surface area contributed by atoms with Crippen LogP contribution in [0.5, 0.6) is 5.75 Å². The Morgan fingerprint density at radius 1 is 1.06 bits per heavy atom. The second kappa shape index (κ2) is 11.0. The van der Waals surface area contributed by atoms with Crippen molar-refractivity contribution >= 4 is 46.5 Å². The Kier molecular flexibility index (Phi) is 7.80. The molecule has 1 saturated heterocycles. The molecule has 2 heterocycles. The molecule has 0 aliphatic carbocycles. The van der Waals surface area contributed by atoms with E-state index in [9.17, 15) is 4.79 Å². The van der Waals surface area contributed by atoms with Crippen molar-refractivity contribution in [2.24, 2.45) is 0 Å². The summed E-state index contributed by atoms with van der Waals surface area (Å²) in [5, 5.41) is 4.07. The number of hydrogen-bond donors (Lipinski definition) is 1. The number of hydrogen-bond acceptors (Lipinski definition) is 7. The molecule has 7 nitrogen and oxygen atoms in total. The summed E-state index contributed by atoms with van der Waals surface area (Å²) in [7, 11) is 1.55. The number of anilines is 3. The fourth-order valence-corrected chi connectivity index (χ4v) is 4.98. The Bertz CT molecular complexity index is 1170. The maximum Gasteiger partial charge on any atom is 0.234 e. The quantitative estimate of drug-likeness (QED) is 0.469. The highest BCUT2D eigenvalue weighted by atomic mass is 35.5. The summed E-state index contributed by atoms with van der Waals surface area (Å²) in [5.74, 6) is 1.48. The fourth-order valence-electron chi connectivity index (χ4n) is 3.93. The van der Waals surface area contributed by atoms with E-state index < -0.39 is 0 Å². The molecule has 34 heavy (non-hydrogen) atoms. The fraction of sp³-hybridized carbons (Fsp3) is 0.320. The van der Waals surface area contributed by atoms with Crippen LogP contribution in [0.1, 0.15) is 11.1 Å². The van der Waals surface area contributed by atoms with Gasteiger partial charge in [-0.3, -0.25) is 4.79 Å². The van der Waals surface area contributed by atoms with Crippen LogP contribution in [0.15, 0.2) is 53.8 Å². The van der Waals surface area contributed by atoms with Gasteiger partial charge in [0.05, 0.1) is 17.9 Å². The zero-order chi connectivity index (χ0) is 24.1. The van der Waals surface area contributed by atoms with Crippen molar-refractivity contribution in [3.05, 3.63) is 64.9 Å². The average Bonchev–Trinajstić information content (AvgIpc) is 2.85. The molecule has 1 aliphatic rings. The molecule has 178 valence electrons. The maximum atomic E-state index is 12.5. The van der Waals surface area contributed by atoms with Crippen LogP contribution < -0.4 is 19.9 Å². The van der Waals surface area contributed by atoms with Gasteiger partial charge in [-0.05, 0) is 49.2 Å². The number of ether oxygens (including phenoxy) is 1. The first kappa shape index (κ1) is 24.2. The number of aromatic nitrogens is 2. The van der Waals surface area contributed by atoms with E-state index in [1.54, 1.807) is 37.7 Å². The van der Waals surface area contributed by atoms with Crippen molar-refractivity contribution in [2.45, 2.75) is 18.9 Å². The second-order valence-electron chi connectivity index (χ2n) is 8.14. The number of halogens is 1. The van der Waals surface area contributed by atoms with Crippen molar-refractivity contribution in [2.75, 3.05) is 54.2 Å². The van der Waals surface area contributed by atoms with Gasteiger partial charge in [0.25, 0.3) is 0 Å². The molecule has 0 radical (unpaired) electrons. The van der Waals surface area contributed by atoms with Crippen molar-refractivity contribution in [3.63, 3.8) is 0 Å². The molecule has 0 saturated carbocycles. The van der Waals surface area contributed by atoms with Gasteiger partial charge in [-0.2, -0.15) is 0 Å². The lowest BCUT2D eigenvalue weighted by Gasteiger charge is -2.37. The third-order valence-corrected chi connectivity index (χ3v) is 6.97. The van der Waals surface area contributed by atoms with Crippen LogP contribution in [0, 0.1) is 13.8 Å². The molecular formula is C25H28ClN5O2S. The SMILES string of the molecule is COc1ccc(NC(=O)CSc2nccnc2N2CCN(c3cc(C)ccc3C)CC2)cc1Cl. The summed E-state index contributed by atoms with van der Waals surface area (Å²) in [5.41, 5.74) is 4.48. The number of nitrogens with zero attached hydrogens (tertiary/aromatic N) is 4. The zero-order valence-electron chi connectivity index (χ0n) is 19.5. The number of carbonyl (C=O) groups excluding carboxylic acids is 1. The molecule has 1 amide bonds. The van der Waals surface area contributed by atoms with E-state index in [1.165, 1.54) is 28.6 Å². The molecule has 0 atom stereocenters. The molecule has 1 fully saturated rings. The predicted octanol–water partition coefficient (Wildman–Crippen LogP) is 4.81. The molecule has 9 heteroatoms. The monoisotopic (exact) mass is 497 g/mol. The van der Waals surface area contributed by atoms with Crippen molar-refractivity contribution in [1.29, 1.82) is 0 Å². The van der Waals surface area contributed by atoms with Gasteiger partial charge in [0.2, 0.25) is 5.91 Å². The molecule has 1 aromatic heterocycles. The number of benzene rings is 2. The molecular weight excluding hydrogens is 470 g/mol. The summed E-state index contributed by atoms with van der Waals surface area (Å²) in [4.78, 5) is 26.3. The number of rotatable bonds is 7. The van der Waals surface area contributed by atoms with Crippen molar-refractivity contribution in [3.8, 4) is 5.75 Å². The highest BCUT2D eigenvalue weighted by Gasteiger charge is 2.22. The summed E-state index contributed by atoms with van der Waals surface area (Å²) < 4.78 is 5.15. The number of carbonyl (C=O) groups is 1. The summed E-state index contributed by atoms with van der Waals surface area (Å²) in [6.45, 7) is 7.78. The Morgan fingerprint density at radius 3 is 2.53 bits per heavy atom. The number of piperazine rings is 1. The first-order valence-electron chi connectivity index (χ1n) is 11.1. The minimum atomic E-state index is -0.137. The minimum absolute atomic E-state index is 0.137. The predicted molar refractivity (Wildman–Crippen MR) is 140 cm³/mol. The Hall–Kier alpha value is -2.97. The second-order valence-corrected chi connectivity index (χ2v) is 9.51. The average molecular weight is 498 g/mol. The van der Waals surface area contributed by atoms with Gasteiger partial charge in [-0.1, -0.05) is 35.5 Å². The van der Waals surface area contributed by atoms with Crippen LogP contribution in [0.2, 0.25) is 5.02 Å². The Morgan fingerprint density at radius 2 is 1.79 bits per heavy atom. The lowest BCUT2D eigenvalue weighted by molar-refractivity contribution is -0.113. The van der Waals surface area contributed by atoms with Crippen LogP contribution in [0.4, 0.5) is 17.2 Å². The lowest BCUT2D eigenvalue weighted by Crippen LogP contribution is -2.47. The van der Waals surface area contributed by atoms with E-state index in [2.05, 4.69) is 57.1 Å². The number of thioether (sulfide) groups is 1. The van der Waals surface area contributed by atoms with Crippen LogP contribution in [0.3, 0.4) is 0 Å². The standard InChI is InChI=1S/C25H28ClN5O2S/c1-17-4-5-18(2)21(14-17)30-10-12-31(13-11-30)24-25(28-9-8-27-24)34-16-23(32)29-19-6-7-22(33-3)20(26)15-19/h4-9,14-15H,10-13,16H2,1-3H3,(H,29,32). The zero-order valence-corrected chi connectivity index (χ0v) is 21.1. The molecule has 3 aromatic rings. The molecule has 1 N–H and O–H groups in total. The van der Waals surface area contributed by atoms with Gasteiger partial charge in [-0.25, -0.2) is 9.97 Å². The van der Waals surface area contributed by atoms with Gasteiger partial charge >= 0.3 is 0 Å². The number of methoxy groups -OCH3 is 1. The van der Waals surface area contributed by atoms with Crippen LogP contribution >= 0.6 is 23.4 Å². The maximum absolute atomic E-state index is 12.5. The highest BCUT2D eigenvalue weighted by Crippen LogP contribution is 2.30. The number of amides is 1. The first-order chi connectivity index (χ1) is 16.4. The van der Waals surface area contributed by atoms with Crippen LogP contribution in [0.25, 0.3) is 0 Å². The van der Waals surface area contributed by atoms with Crippen molar-refractivity contribution in [1.82, 2.24) is 9.97 Å². The van der Waals surface area contributed by atoms with Crippen LogP contribution in [-0.4, -0.2) is 54.9 Å². The van der Waals surface area contributed by atoms with Crippen molar-refractivity contribution < 1.29 is 9.53 Å². The molecule has 0 bridgehead atoms. The van der Waals surface area contributed by atoms with E-state index in [0.29, 0.717) is 16.5 Å². The number of aryl methyl sites for hydroxylation is 2. The van der Waals surface area contributed by atoms with Gasteiger partial charge in [0.15, 0.2) is 5.82 Å². The van der Waals surface area contributed by atoms with Crippen LogP contribution in [-0.2, 0) is 4.79 Å². The minimum Gasteiger partial charge on any atom is -0.495 e. The lowest BCUT2D eigenvalue weighted by atomic mass is 10.1. The molecule has 0 unspecified atom stereocenters. The molecule has 0 spiro atoms. The third kappa shape index (κ3) is 5.74. The summed E-state index contributed by atoms with van der Waals surface area (Å²) >= 11 is 7.53. The largest absolute Gasteiger partial charge is 0.495 e. The van der Waals surface area contributed by atoms with E-state index in [0.717, 1.165) is 37.0 Å². The molecule has 2 aromatic carbocycles. The third-order valence-electron chi connectivity index (χ3n) is 5.71. The topological polar surface area (TPSA) is 70.6 Å². The van der Waals surface area contributed by atoms with Gasteiger partial charge in [-0.15, -0.1) is 0 Å². The van der Waals surface area contributed by atoms with Gasteiger partial charge in [0.1, 0.15) is 10.8 Å². The van der Waals surface area contributed by atoms with E-state index in [4.69, 9.17) is 16.3 Å². The van der Waals surface area contributed by atoms with E-state index >= 15 is 0 Å². The summed E-state index contributed by atoms with van der Waals surface area (Å²) in [6.07, 6.45) is 3.37. The highest BCUT2D eigenvalue weighted by molar-refractivity contribution is 8.00. The Balaban J connectivity index is 1.36. The smallest absolute Gasteiger partial charge is 0.234 e. The normalized spacial score (nSPS) is 13.6. The molecule has 1 aliphatic heterocycles. The first-order valence-corrected chi connectivity index (χ1v) is 12.5. The van der Waals surface area contributed by atoms with E-state index in [1.807, 2.05) is 0 Å². The number of nitrogens with one attached hydrogen (secondary N) is 1. The molecule has 4 rings (SSSR count). The van der Waals surface area contributed by atoms with Gasteiger partial charge in [0, 0.05) is 49.9 Å². The Labute approximate surface area is 209 Å². The summed E-state index contributed by atoms with van der Waals surface area (Å²) in [6, 6.07) is 11.7. The van der Waals surface area contributed by atoms with E-state index in [-0.39, 0.29) is 11.7 Å².